The predicted molar refractivity (Wildman–Crippen MR) is 153 cm³/mol. The fourth-order valence-electron chi connectivity index (χ4n) is 3.34. The van der Waals surface area contributed by atoms with E-state index < -0.39 is 0 Å². The highest BCUT2D eigenvalue weighted by Gasteiger charge is 2.29. The number of pyridine rings is 1. The average molecular weight is 514 g/mol. The zero-order valence-electron chi connectivity index (χ0n) is 22.5. The van der Waals surface area contributed by atoms with E-state index in [1.165, 1.54) is 12.4 Å². The summed E-state index contributed by atoms with van der Waals surface area (Å²) >= 11 is 0. The molecule has 0 spiro atoms. The summed E-state index contributed by atoms with van der Waals surface area (Å²) in [5.41, 5.74) is 11.2. The standard InChI is InChI=1S/C21H21N5O.C8H14N2O/c1-13-3-6-17(22-2)11-18(13)19-9-16(12-24-26-19)15-7-8-23-20(10-15)25-21(27)14-4-5-14;1-8(2,3)10-5-7(4-9)6-11/h3,6-12,14,22H,4-5H2,1-2H3,(H,23,25,27);4-6H,9H2,1-3H3/b;7-4+,10-5?. The molecule has 1 aliphatic carbocycles. The number of rotatable bonds is 7. The van der Waals surface area contributed by atoms with Gasteiger partial charge in [0.25, 0.3) is 0 Å². The lowest BCUT2D eigenvalue weighted by atomic mass is 10.0. The number of anilines is 2. The van der Waals surface area contributed by atoms with Gasteiger partial charge in [-0.3, -0.25) is 14.6 Å². The molecule has 2 heterocycles. The minimum atomic E-state index is -0.155. The normalized spacial score (nSPS) is 13.4. The first-order valence-electron chi connectivity index (χ1n) is 12.4. The molecule has 4 rings (SSSR count). The van der Waals surface area contributed by atoms with Crippen molar-refractivity contribution in [3.05, 3.63) is 66.1 Å². The topological polar surface area (TPSA) is 135 Å². The zero-order chi connectivity index (χ0) is 27.7. The van der Waals surface area contributed by atoms with E-state index in [0.717, 1.165) is 46.5 Å². The second-order valence-electron chi connectivity index (χ2n) is 10.0. The molecule has 198 valence electrons. The van der Waals surface area contributed by atoms with E-state index in [1.54, 1.807) is 12.4 Å². The van der Waals surface area contributed by atoms with Gasteiger partial charge in [-0.15, -0.1) is 0 Å². The molecule has 0 saturated heterocycles. The first kappa shape index (κ1) is 28.2. The van der Waals surface area contributed by atoms with E-state index in [9.17, 15) is 9.59 Å². The Bertz CT molecular complexity index is 1340. The molecule has 1 aromatic carbocycles. The second-order valence-corrected chi connectivity index (χ2v) is 10.0. The number of carbonyl (C=O) groups is 2. The molecule has 4 N–H and O–H groups in total. The summed E-state index contributed by atoms with van der Waals surface area (Å²) in [6.45, 7) is 7.90. The molecule has 38 heavy (non-hydrogen) atoms. The van der Waals surface area contributed by atoms with Crippen molar-refractivity contribution < 1.29 is 9.59 Å². The van der Waals surface area contributed by atoms with Crippen molar-refractivity contribution in [2.24, 2.45) is 16.6 Å². The second kappa shape index (κ2) is 12.7. The number of nitrogens with one attached hydrogen (secondary N) is 2. The number of hydrogen-bond acceptors (Lipinski definition) is 8. The van der Waals surface area contributed by atoms with E-state index in [0.29, 0.717) is 17.7 Å². The van der Waals surface area contributed by atoms with Gasteiger partial charge in [-0.2, -0.15) is 10.2 Å². The fourth-order valence-corrected chi connectivity index (χ4v) is 3.34. The predicted octanol–water partition coefficient (Wildman–Crippen LogP) is 4.80. The molecule has 0 radical (unpaired) electrons. The first-order chi connectivity index (χ1) is 18.1. The number of amides is 1. The van der Waals surface area contributed by atoms with E-state index in [1.807, 2.05) is 52.1 Å². The molecule has 0 unspecified atom stereocenters. The third kappa shape index (κ3) is 8.33. The summed E-state index contributed by atoms with van der Waals surface area (Å²) in [4.78, 5) is 30.5. The van der Waals surface area contributed by atoms with Crippen LogP contribution in [0.5, 0.6) is 0 Å². The van der Waals surface area contributed by atoms with E-state index >= 15 is 0 Å². The number of nitrogens with two attached hydrogens (primary N) is 1. The van der Waals surface area contributed by atoms with Crippen LogP contribution >= 0.6 is 0 Å². The Balaban J connectivity index is 0.000000310. The van der Waals surface area contributed by atoms with Crippen molar-refractivity contribution in [3.63, 3.8) is 0 Å². The third-order valence-corrected chi connectivity index (χ3v) is 5.68. The summed E-state index contributed by atoms with van der Waals surface area (Å²) in [6.07, 6.45) is 8.75. The van der Waals surface area contributed by atoms with Crippen molar-refractivity contribution in [1.82, 2.24) is 15.2 Å². The minimum absolute atomic E-state index is 0.0488. The van der Waals surface area contributed by atoms with Crippen LogP contribution in [0.2, 0.25) is 0 Å². The van der Waals surface area contributed by atoms with Crippen LogP contribution in [-0.4, -0.2) is 46.2 Å². The lowest BCUT2D eigenvalue weighted by molar-refractivity contribution is -0.117. The van der Waals surface area contributed by atoms with Gasteiger partial charge in [0.1, 0.15) is 5.82 Å². The van der Waals surface area contributed by atoms with Gasteiger partial charge in [-0.05, 0) is 82.0 Å². The lowest BCUT2D eigenvalue weighted by Crippen LogP contribution is -2.14. The smallest absolute Gasteiger partial charge is 0.228 e. The monoisotopic (exact) mass is 513 g/mol. The van der Waals surface area contributed by atoms with Crippen LogP contribution in [-0.2, 0) is 9.59 Å². The summed E-state index contributed by atoms with van der Waals surface area (Å²) in [6, 6.07) is 12.0. The fraction of sp³-hybridized carbons (Fsp3) is 0.310. The maximum atomic E-state index is 12.0. The van der Waals surface area contributed by atoms with Crippen LogP contribution in [0.15, 0.2) is 65.6 Å². The Morgan fingerprint density at radius 2 is 1.89 bits per heavy atom. The number of allylic oxidation sites excluding steroid dienone is 1. The Hall–Kier alpha value is -4.40. The van der Waals surface area contributed by atoms with Crippen LogP contribution < -0.4 is 16.4 Å². The quantitative estimate of drug-likeness (QED) is 0.234. The Morgan fingerprint density at radius 1 is 1.13 bits per heavy atom. The molecule has 9 nitrogen and oxygen atoms in total. The third-order valence-electron chi connectivity index (χ3n) is 5.68. The largest absolute Gasteiger partial charge is 0.404 e. The molecular weight excluding hydrogens is 478 g/mol. The van der Waals surface area contributed by atoms with Gasteiger partial charge in [0.05, 0.1) is 17.4 Å². The summed E-state index contributed by atoms with van der Waals surface area (Å²) in [7, 11) is 1.89. The van der Waals surface area contributed by atoms with Crippen molar-refractivity contribution in [2.45, 2.75) is 46.1 Å². The van der Waals surface area contributed by atoms with Crippen LogP contribution in [0.1, 0.15) is 39.2 Å². The van der Waals surface area contributed by atoms with Gasteiger partial charge in [0.2, 0.25) is 5.91 Å². The molecule has 9 heteroatoms. The molecule has 1 aliphatic rings. The molecule has 2 aromatic heterocycles. The number of aldehydes is 1. The van der Waals surface area contributed by atoms with Gasteiger partial charge in [0, 0.05) is 54.0 Å². The molecular formula is C29H35N7O2. The van der Waals surface area contributed by atoms with Crippen LogP contribution in [0.3, 0.4) is 0 Å². The SMILES string of the molecule is CC(C)(C)N=C/C(C=O)=C\N.CNc1ccc(C)c(-c2cc(-c3ccnc(NC(=O)C4CC4)c3)cnn2)c1. The Morgan fingerprint density at radius 3 is 2.53 bits per heavy atom. The van der Waals surface area contributed by atoms with E-state index in [4.69, 9.17) is 5.73 Å². The summed E-state index contributed by atoms with van der Waals surface area (Å²) in [5.74, 6) is 0.760. The molecule has 0 bridgehead atoms. The number of nitrogens with zero attached hydrogens (tertiary/aromatic N) is 4. The molecule has 1 saturated carbocycles. The van der Waals surface area contributed by atoms with Gasteiger partial charge < -0.3 is 16.4 Å². The zero-order valence-corrected chi connectivity index (χ0v) is 22.5. The number of aromatic nitrogens is 3. The first-order valence-corrected chi connectivity index (χ1v) is 12.4. The lowest BCUT2D eigenvalue weighted by Gasteiger charge is -2.10. The van der Waals surface area contributed by atoms with E-state index in [2.05, 4.69) is 49.9 Å². The van der Waals surface area contributed by atoms with Gasteiger partial charge >= 0.3 is 0 Å². The Labute approximate surface area is 223 Å². The summed E-state index contributed by atoms with van der Waals surface area (Å²) in [5, 5.41) is 14.5. The van der Waals surface area contributed by atoms with Gasteiger partial charge in [-0.25, -0.2) is 4.98 Å². The maximum absolute atomic E-state index is 12.0. The van der Waals surface area contributed by atoms with Crippen LogP contribution in [0.4, 0.5) is 11.5 Å². The highest BCUT2D eigenvalue weighted by Crippen LogP contribution is 2.31. The number of carbonyl (C=O) groups excluding carboxylic acids is 2. The van der Waals surface area contributed by atoms with Crippen molar-refractivity contribution in [2.75, 3.05) is 17.7 Å². The maximum Gasteiger partial charge on any atom is 0.228 e. The number of aliphatic imine (C=N–C) groups is 1. The van der Waals surface area contributed by atoms with Crippen molar-refractivity contribution in [3.8, 4) is 22.4 Å². The van der Waals surface area contributed by atoms with Gasteiger partial charge in [-0.1, -0.05) is 6.07 Å². The molecule has 3 aromatic rings. The van der Waals surface area contributed by atoms with Crippen LogP contribution in [0.25, 0.3) is 22.4 Å². The van der Waals surface area contributed by atoms with Crippen molar-refractivity contribution in [1.29, 1.82) is 0 Å². The van der Waals surface area contributed by atoms with Crippen LogP contribution in [0, 0.1) is 12.8 Å². The molecule has 0 atom stereocenters. The van der Waals surface area contributed by atoms with E-state index in [-0.39, 0.29) is 17.4 Å². The van der Waals surface area contributed by atoms with Gasteiger partial charge in [0.15, 0.2) is 6.29 Å². The molecule has 1 fully saturated rings. The molecule has 1 amide bonds. The number of benzene rings is 1. The Kier molecular flexibility index (Phi) is 9.43. The highest BCUT2D eigenvalue weighted by atomic mass is 16.2. The summed E-state index contributed by atoms with van der Waals surface area (Å²) < 4.78 is 0. The number of hydrogen-bond donors (Lipinski definition) is 3. The number of aryl methyl sites for hydroxylation is 1. The highest BCUT2D eigenvalue weighted by molar-refractivity contribution is 6.01. The average Bonchev–Trinajstić information content (AvgIpc) is 3.76. The van der Waals surface area contributed by atoms with Crippen molar-refractivity contribution >= 4 is 29.9 Å². The molecule has 0 aliphatic heterocycles. The minimum Gasteiger partial charge on any atom is -0.404 e.